The van der Waals surface area contributed by atoms with Crippen LogP contribution in [-0.4, -0.2) is 50.0 Å². The van der Waals surface area contributed by atoms with Crippen LogP contribution >= 0.6 is 22.9 Å². The summed E-state index contributed by atoms with van der Waals surface area (Å²) >= 11 is 7.19. The third kappa shape index (κ3) is 4.91. The lowest BCUT2D eigenvalue weighted by Crippen LogP contribution is -2.65. The van der Waals surface area contributed by atoms with Gasteiger partial charge in [-0.1, -0.05) is 49.7 Å². The molecule has 11 heteroatoms. The molecule has 2 amide bonds. The number of ether oxygens (including phenoxy) is 1. The molecule has 1 aromatic heterocycles. The summed E-state index contributed by atoms with van der Waals surface area (Å²) in [5.74, 6) is -2.07. The number of benzene rings is 2. The molecule has 2 heterocycles. The Hall–Kier alpha value is -3.50. The van der Waals surface area contributed by atoms with Crippen molar-refractivity contribution in [1.82, 2.24) is 10.3 Å². The number of nitrogens with zero attached hydrogens (tertiary/aromatic N) is 2. The standard InChI is InChI=1S/C26H26ClFN4O4S/c1-14(2)15-7-5-6-8-17(15)26(12-32(13-26)25-31-21(11-37-25)23(34)36-4)24(35)30-20-10-19(28)18(27)9-16(20)22(33)29-3/h5-11,14H,12-13H2,1-4H3,(H,29,33)(H,30,35). The van der Waals surface area contributed by atoms with Gasteiger partial charge in [-0.2, -0.15) is 0 Å². The number of aromatic nitrogens is 1. The number of methoxy groups -OCH3 is 1. The molecular weight excluding hydrogens is 519 g/mol. The van der Waals surface area contributed by atoms with E-state index < -0.39 is 29.0 Å². The van der Waals surface area contributed by atoms with Crippen molar-refractivity contribution < 1.29 is 23.5 Å². The largest absolute Gasteiger partial charge is 0.464 e. The number of carbonyl (C=O) groups excluding carboxylic acids is 3. The molecular formula is C26H26ClFN4O4S. The summed E-state index contributed by atoms with van der Waals surface area (Å²) in [6.45, 7) is 4.62. The normalized spacial score (nSPS) is 14.2. The molecule has 4 rings (SSSR count). The SMILES string of the molecule is CNC(=O)c1cc(Cl)c(F)cc1NC(=O)C1(c2ccccc2C(C)C)CN(c2nc(C(=O)OC)cs2)C1. The Balaban J connectivity index is 1.73. The van der Waals surface area contributed by atoms with E-state index in [1.807, 2.05) is 43.0 Å². The summed E-state index contributed by atoms with van der Waals surface area (Å²) in [5, 5.41) is 7.23. The number of carbonyl (C=O) groups is 3. The maximum atomic E-state index is 14.4. The first-order valence-corrected chi connectivity index (χ1v) is 12.8. The minimum Gasteiger partial charge on any atom is -0.464 e. The van der Waals surface area contributed by atoms with Crippen LogP contribution in [0.5, 0.6) is 0 Å². The minimum atomic E-state index is -1.02. The third-order valence-electron chi connectivity index (χ3n) is 6.39. The Bertz CT molecular complexity index is 1370. The topological polar surface area (TPSA) is 101 Å². The highest BCUT2D eigenvalue weighted by atomic mass is 35.5. The summed E-state index contributed by atoms with van der Waals surface area (Å²) in [4.78, 5) is 44.5. The average Bonchev–Trinajstić information content (AvgIpc) is 3.34. The van der Waals surface area contributed by atoms with Gasteiger partial charge < -0.3 is 20.3 Å². The summed E-state index contributed by atoms with van der Waals surface area (Å²) in [5.41, 5.74) is 1.08. The Morgan fingerprint density at radius 1 is 1.22 bits per heavy atom. The molecule has 1 fully saturated rings. The number of halogens is 2. The number of thiazole rings is 1. The van der Waals surface area contributed by atoms with Crippen molar-refractivity contribution in [2.24, 2.45) is 0 Å². The van der Waals surface area contributed by atoms with Gasteiger partial charge in [0.2, 0.25) is 5.91 Å². The fourth-order valence-corrected chi connectivity index (χ4v) is 5.39. The number of anilines is 2. The molecule has 8 nitrogen and oxygen atoms in total. The molecule has 1 aliphatic rings. The van der Waals surface area contributed by atoms with E-state index in [2.05, 4.69) is 15.6 Å². The molecule has 0 radical (unpaired) electrons. The van der Waals surface area contributed by atoms with Crippen LogP contribution in [0, 0.1) is 5.82 Å². The fourth-order valence-electron chi connectivity index (χ4n) is 4.44. The number of esters is 1. The zero-order valence-corrected chi connectivity index (χ0v) is 22.3. The van der Waals surface area contributed by atoms with Gasteiger partial charge in [0.05, 0.1) is 23.4 Å². The number of hydrogen-bond donors (Lipinski definition) is 2. The summed E-state index contributed by atoms with van der Waals surface area (Å²) in [6.07, 6.45) is 0. The van der Waals surface area contributed by atoms with Gasteiger partial charge in [0.15, 0.2) is 10.8 Å². The van der Waals surface area contributed by atoms with Crippen LogP contribution in [-0.2, 0) is 14.9 Å². The zero-order chi connectivity index (χ0) is 26.9. The van der Waals surface area contributed by atoms with Crippen molar-refractivity contribution in [3.05, 3.63) is 75.0 Å². The van der Waals surface area contributed by atoms with E-state index in [-0.39, 0.29) is 41.0 Å². The Morgan fingerprint density at radius 3 is 2.57 bits per heavy atom. The van der Waals surface area contributed by atoms with Crippen molar-refractivity contribution in [3.8, 4) is 0 Å². The molecule has 0 atom stereocenters. The van der Waals surface area contributed by atoms with Gasteiger partial charge in [0.25, 0.3) is 5.91 Å². The lowest BCUT2D eigenvalue weighted by atomic mass is 9.70. The third-order valence-corrected chi connectivity index (χ3v) is 7.58. The van der Waals surface area contributed by atoms with Crippen LogP contribution < -0.4 is 15.5 Å². The van der Waals surface area contributed by atoms with Crippen molar-refractivity contribution in [3.63, 3.8) is 0 Å². The second-order valence-corrected chi connectivity index (χ2v) is 10.3. The van der Waals surface area contributed by atoms with Crippen LogP contribution in [0.1, 0.15) is 51.7 Å². The maximum absolute atomic E-state index is 14.4. The van der Waals surface area contributed by atoms with Crippen LogP contribution in [0.4, 0.5) is 15.2 Å². The van der Waals surface area contributed by atoms with Gasteiger partial charge in [-0.3, -0.25) is 9.59 Å². The van der Waals surface area contributed by atoms with E-state index in [1.165, 1.54) is 31.6 Å². The van der Waals surface area contributed by atoms with Gasteiger partial charge in [0, 0.05) is 25.5 Å². The smallest absolute Gasteiger partial charge is 0.357 e. The lowest BCUT2D eigenvalue weighted by Gasteiger charge is -2.50. The number of nitrogens with one attached hydrogen (secondary N) is 2. The predicted octanol–water partition coefficient (Wildman–Crippen LogP) is 4.60. The van der Waals surface area contributed by atoms with E-state index in [0.717, 1.165) is 17.2 Å². The predicted molar refractivity (Wildman–Crippen MR) is 141 cm³/mol. The van der Waals surface area contributed by atoms with Crippen molar-refractivity contribution in [2.75, 3.05) is 37.5 Å². The van der Waals surface area contributed by atoms with E-state index >= 15 is 0 Å². The number of amides is 2. The fraction of sp³-hybridized carbons (Fsp3) is 0.308. The van der Waals surface area contributed by atoms with Crippen molar-refractivity contribution >= 4 is 51.5 Å². The maximum Gasteiger partial charge on any atom is 0.357 e. The molecule has 2 N–H and O–H groups in total. The highest BCUT2D eigenvalue weighted by Gasteiger charge is 2.52. The summed E-state index contributed by atoms with van der Waals surface area (Å²) in [6, 6.07) is 9.92. The van der Waals surface area contributed by atoms with E-state index in [0.29, 0.717) is 5.13 Å². The van der Waals surface area contributed by atoms with Gasteiger partial charge >= 0.3 is 5.97 Å². The first-order valence-electron chi connectivity index (χ1n) is 11.5. The second-order valence-electron chi connectivity index (χ2n) is 9.03. The van der Waals surface area contributed by atoms with E-state index in [4.69, 9.17) is 16.3 Å². The molecule has 0 spiro atoms. The Kier molecular flexibility index (Phi) is 7.52. The zero-order valence-electron chi connectivity index (χ0n) is 20.7. The molecule has 0 bridgehead atoms. The van der Waals surface area contributed by atoms with Crippen LogP contribution in [0.25, 0.3) is 0 Å². The number of hydrogen-bond acceptors (Lipinski definition) is 7. The quantitative estimate of drug-likeness (QED) is 0.422. The van der Waals surface area contributed by atoms with Crippen LogP contribution in [0.15, 0.2) is 41.8 Å². The van der Waals surface area contributed by atoms with E-state index in [9.17, 15) is 18.8 Å². The second kappa shape index (κ2) is 10.5. The van der Waals surface area contributed by atoms with Gasteiger partial charge in [-0.05, 0) is 29.2 Å². The molecule has 194 valence electrons. The average molecular weight is 545 g/mol. The Morgan fingerprint density at radius 2 is 1.92 bits per heavy atom. The van der Waals surface area contributed by atoms with Gasteiger partial charge in [0.1, 0.15) is 11.2 Å². The highest BCUT2D eigenvalue weighted by Crippen LogP contribution is 2.43. The summed E-state index contributed by atoms with van der Waals surface area (Å²) < 4.78 is 19.1. The first-order chi connectivity index (χ1) is 17.6. The molecule has 3 aromatic rings. The van der Waals surface area contributed by atoms with Gasteiger partial charge in [-0.15, -0.1) is 11.3 Å². The first kappa shape index (κ1) is 26.6. The van der Waals surface area contributed by atoms with Gasteiger partial charge in [-0.25, -0.2) is 14.2 Å². The molecule has 0 saturated carbocycles. The molecule has 2 aromatic carbocycles. The molecule has 37 heavy (non-hydrogen) atoms. The molecule has 0 unspecified atom stereocenters. The lowest BCUT2D eigenvalue weighted by molar-refractivity contribution is -0.122. The monoisotopic (exact) mass is 544 g/mol. The molecule has 1 saturated heterocycles. The summed E-state index contributed by atoms with van der Waals surface area (Å²) in [7, 11) is 2.72. The Labute approximate surface area is 222 Å². The minimum absolute atomic E-state index is 0.0216. The van der Waals surface area contributed by atoms with Crippen molar-refractivity contribution in [2.45, 2.75) is 25.2 Å². The van der Waals surface area contributed by atoms with Crippen molar-refractivity contribution in [1.29, 1.82) is 0 Å². The highest BCUT2D eigenvalue weighted by molar-refractivity contribution is 7.14. The molecule has 0 aliphatic carbocycles. The van der Waals surface area contributed by atoms with Crippen LogP contribution in [0.3, 0.4) is 0 Å². The van der Waals surface area contributed by atoms with E-state index in [1.54, 1.807) is 5.38 Å². The number of rotatable bonds is 7. The van der Waals surface area contributed by atoms with Crippen LogP contribution in [0.2, 0.25) is 5.02 Å². The molecule has 1 aliphatic heterocycles.